The van der Waals surface area contributed by atoms with Crippen LogP contribution >= 0.6 is 11.6 Å². The third-order valence-electron chi connectivity index (χ3n) is 4.98. The van der Waals surface area contributed by atoms with Crippen LogP contribution in [0, 0.1) is 13.8 Å². The quantitative estimate of drug-likeness (QED) is 0.642. The van der Waals surface area contributed by atoms with Gasteiger partial charge in [-0.2, -0.15) is 5.10 Å². The molecule has 2 aromatic heterocycles. The number of carbonyl (C=O) groups excluding carboxylic acids is 2. The molecule has 0 saturated carbocycles. The molecule has 156 valence electrons. The zero-order valence-corrected chi connectivity index (χ0v) is 17.2. The number of benzene rings is 1. The molecule has 9 nitrogen and oxygen atoms in total. The average molecular weight is 430 g/mol. The van der Waals surface area contributed by atoms with Gasteiger partial charge in [0.2, 0.25) is 5.91 Å². The number of anilines is 1. The number of hydrogen-bond donors (Lipinski definition) is 2. The molecule has 1 aliphatic heterocycles. The molecule has 1 aliphatic rings. The highest BCUT2D eigenvalue weighted by Gasteiger charge is 2.19. The lowest BCUT2D eigenvalue weighted by Gasteiger charge is -2.20. The van der Waals surface area contributed by atoms with Crippen LogP contribution in [-0.2, 0) is 11.2 Å². The second-order valence-electron chi connectivity index (χ2n) is 6.94. The highest BCUT2D eigenvalue weighted by atomic mass is 35.5. The van der Waals surface area contributed by atoms with Crippen molar-refractivity contribution in [3.05, 3.63) is 45.9 Å². The van der Waals surface area contributed by atoms with Crippen LogP contribution in [0.4, 0.5) is 5.69 Å². The number of rotatable bonds is 5. The molecule has 0 unspecified atom stereocenters. The fourth-order valence-electron chi connectivity index (χ4n) is 3.46. The van der Waals surface area contributed by atoms with Gasteiger partial charge in [-0.15, -0.1) is 0 Å². The topological polar surface area (TPSA) is 121 Å². The molecular formula is C20H20ClN5O4. The summed E-state index contributed by atoms with van der Waals surface area (Å²) < 4.78 is 12.6. The Morgan fingerprint density at radius 2 is 1.93 bits per heavy atom. The van der Waals surface area contributed by atoms with Crippen LogP contribution < -0.4 is 20.5 Å². The first-order chi connectivity index (χ1) is 14.3. The van der Waals surface area contributed by atoms with Crippen molar-refractivity contribution in [3.63, 3.8) is 0 Å². The van der Waals surface area contributed by atoms with Crippen molar-refractivity contribution >= 4 is 34.7 Å². The van der Waals surface area contributed by atoms with Crippen molar-refractivity contribution in [2.24, 2.45) is 5.73 Å². The van der Waals surface area contributed by atoms with Crippen molar-refractivity contribution in [1.82, 2.24) is 14.6 Å². The third kappa shape index (κ3) is 3.63. The third-order valence-corrected chi connectivity index (χ3v) is 5.29. The Kier molecular flexibility index (Phi) is 5.21. The van der Waals surface area contributed by atoms with Gasteiger partial charge in [-0.3, -0.25) is 9.59 Å². The largest absolute Gasteiger partial charge is 0.486 e. The Hall–Kier alpha value is -3.33. The van der Waals surface area contributed by atoms with Gasteiger partial charge in [0, 0.05) is 29.9 Å². The van der Waals surface area contributed by atoms with E-state index in [9.17, 15) is 9.59 Å². The number of carbonyl (C=O) groups is 2. The normalized spacial score (nSPS) is 12.8. The number of aryl methyl sites for hydroxylation is 2. The number of nitrogens with zero attached hydrogens (tertiary/aromatic N) is 3. The lowest BCUT2D eigenvalue weighted by molar-refractivity contribution is -0.116. The Labute approximate surface area is 177 Å². The van der Waals surface area contributed by atoms with Gasteiger partial charge in [-0.1, -0.05) is 11.6 Å². The van der Waals surface area contributed by atoms with Crippen LogP contribution in [0.25, 0.3) is 5.65 Å². The summed E-state index contributed by atoms with van der Waals surface area (Å²) in [6, 6.07) is 3.29. The summed E-state index contributed by atoms with van der Waals surface area (Å²) in [4.78, 5) is 28.5. The molecule has 0 bridgehead atoms. The molecule has 3 heterocycles. The maximum atomic E-state index is 12.5. The number of fused-ring (bicyclic) bond motifs is 2. The summed E-state index contributed by atoms with van der Waals surface area (Å²) in [5, 5.41) is 7.39. The molecule has 0 radical (unpaired) electrons. The number of halogens is 1. The summed E-state index contributed by atoms with van der Waals surface area (Å²) in [5.41, 5.74) is 8.91. The molecule has 0 atom stereocenters. The summed E-state index contributed by atoms with van der Waals surface area (Å²) >= 11 is 6.26. The van der Waals surface area contributed by atoms with Gasteiger partial charge >= 0.3 is 0 Å². The van der Waals surface area contributed by atoms with E-state index in [1.54, 1.807) is 16.6 Å². The minimum absolute atomic E-state index is 0.203. The Morgan fingerprint density at radius 1 is 1.23 bits per heavy atom. The van der Waals surface area contributed by atoms with Gasteiger partial charge in [-0.25, -0.2) is 9.50 Å². The molecule has 2 amide bonds. The van der Waals surface area contributed by atoms with E-state index in [0.29, 0.717) is 53.2 Å². The molecular weight excluding hydrogens is 410 g/mol. The monoisotopic (exact) mass is 429 g/mol. The first kappa shape index (κ1) is 20.0. The molecule has 4 rings (SSSR count). The van der Waals surface area contributed by atoms with Crippen LogP contribution in [0.3, 0.4) is 0 Å². The van der Waals surface area contributed by atoms with Gasteiger partial charge in [0.15, 0.2) is 17.1 Å². The minimum Gasteiger partial charge on any atom is -0.486 e. The summed E-state index contributed by atoms with van der Waals surface area (Å²) in [5.74, 6) is 0.321. The molecule has 1 aromatic carbocycles. The van der Waals surface area contributed by atoms with E-state index in [2.05, 4.69) is 15.4 Å². The number of hydrogen-bond acceptors (Lipinski definition) is 6. The van der Waals surface area contributed by atoms with Crippen molar-refractivity contribution in [1.29, 1.82) is 0 Å². The number of nitrogens with one attached hydrogen (secondary N) is 1. The maximum Gasteiger partial charge on any atom is 0.254 e. The predicted octanol–water partition coefficient (Wildman–Crippen LogP) is 2.44. The van der Waals surface area contributed by atoms with E-state index in [1.807, 2.05) is 13.8 Å². The van der Waals surface area contributed by atoms with Gasteiger partial charge in [0.25, 0.3) is 5.91 Å². The van der Waals surface area contributed by atoms with Crippen LogP contribution in [-0.4, -0.2) is 39.6 Å². The molecule has 3 aromatic rings. The standard InChI is InChI=1S/C20H20ClN5O4/c1-10-12(11(2)26-20(24-10)13(9-23-26)19(22)28)3-4-18(27)25-15-8-17-16(7-14(15)21)29-5-6-30-17/h7-9H,3-6H2,1-2H3,(H2,22,28)(H,25,27). The Bertz CT molecular complexity index is 1170. The fourth-order valence-corrected chi connectivity index (χ4v) is 3.66. The van der Waals surface area contributed by atoms with Crippen LogP contribution in [0.5, 0.6) is 11.5 Å². The molecule has 3 N–H and O–H groups in total. The first-order valence-corrected chi connectivity index (χ1v) is 9.75. The second kappa shape index (κ2) is 7.83. The molecule has 10 heteroatoms. The number of nitrogens with two attached hydrogens (primary N) is 1. The van der Waals surface area contributed by atoms with Crippen molar-refractivity contribution in [2.75, 3.05) is 18.5 Å². The maximum absolute atomic E-state index is 12.5. The SMILES string of the molecule is Cc1nc2c(C(N)=O)cnn2c(C)c1CCC(=O)Nc1cc2c(cc1Cl)OCCO2. The molecule has 0 fully saturated rings. The number of aromatic nitrogens is 3. The Balaban J connectivity index is 1.50. The smallest absolute Gasteiger partial charge is 0.254 e. The first-order valence-electron chi connectivity index (χ1n) is 9.37. The van der Waals surface area contributed by atoms with Gasteiger partial charge in [0.05, 0.1) is 16.9 Å². The van der Waals surface area contributed by atoms with E-state index in [-0.39, 0.29) is 17.9 Å². The summed E-state index contributed by atoms with van der Waals surface area (Å²) in [7, 11) is 0. The molecule has 0 spiro atoms. The highest BCUT2D eigenvalue weighted by molar-refractivity contribution is 6.34. The van der Waals surface area contributed by atoms with Crippen molar-refractivity contribution in [2.45, 2.75) is 26.7 Å². The number of ether oxygens (including phenoxy) is 2. The van der Waals surface area contributed by atoms with E-state index in [0.717, 1.165) is 11.3 Å². The van der Waals surface area contributed by atoms with Crippen molar-refractivity contribution < 1.29 is 19.1 Å². The predicted molar refractivity (Wildman–Crippen MR) is 110 cm³/mol. The van der Waals surface area contributed by atoms with Crippen LogP contribution in [0.1, 0.15) is 33.7 Å². The van der Waals surface area contributed by atoms with E-state index in [1.165, 1.54) is 6.20 Å². The number of primary amides is 1. The van der Waals surface area contributed by atoms with Crippen LogP contribution in [0.2, 0.25) is 5.02 Å². The summed E-state index contributed by atoms with van der Waals surface area (Å²) in [6.07, 6.45) is 2.06. The van der Waals surface area contributed by atoms with E-state index in [4.69, 9.17) is 26.8 Å². The van der Waals surface area contributed by atoms with Gasteiger partial charge in [0.1, 0.15) is 18.8 Å². The minimum atomic E-state index is -0.584. The zero-order chi connectivity index (χ0) is 21.4. The zero-order valence-electron chi connectivity index (χ0n) is 16.5. The average Bonchev–Trinajstić information content (AvgIpc) is 3.12. The second-order valence-corrected chi connectivity index (χ2v) is 7.35. The lowest BCUT2D eigenvalue weighted by Crippen LogP contribution is -2.17. The Morgan fingerprint density at radius 3 is 2.63 bits per heavy atom. The highest BCUT2D eigenvalue weighted by Crippen LogP contribution is 2.38. The molecule has 0 saturated heterocycles. The van der Waals surface area contributed by atoms with E-state index >= 15 is 0 Å². The molecule has 30 heavy (non-hydrogen) atoms. The van der Waals surface area contributed by atoms with Crippen LogP contribution in [0.15, 0.2) is 18.3 Å². The van der Waals surface area contributed by atoms with Crippen molar-refractivity contribution in [3.8, 4) is 11.5 Å². The summed E-state index contributed by atoms with van der Waals surface area (Å²) in [6.45, 7) is 4.60. The van der Waals surface area contributed by atoms with Gasteiger partial charge < -0.3 is 20.5 Å². The van der Waals surface area contributed by atoms with E-state index < -0.39 is 5.91 Å². The lowest BCUT2D eigenvalue weighted by atomic mass is 10.1. The number of amides is 2. The fraction of sp³-hybridized carbons (Fsp3) is 0.300. The van der Waals surface area contributed by atoms with Gasteiger partial charge in [-0.05, 0) is 25.8 Å². The molecule has 0 aliphatic carbocycles.